The van der Waals surface area contributed by atoms with Crippen LogP contribution in [0.4, 0.5) is 15.8 Å². The van der Waals surface area contributed by atoms with E-state index in [9.17, 15) is 12.8 Å². The summed E-state index contributed by atoms with van der Waals surface area (Å²) >= 11 is 3.18. The van der Waals surface area contributed by atoms with Gasteiger partial charge in [-0.3, -0.25) is 4.72 Å². The molecular weight excluding hydrogens is 359 g/mol. The number of hydrogen-bond acceptors (Lipinski definition) is 3. The van der Waals surface area contributed by atoms with Crippen LogP contribution in [0.2, 0.25) is 0 Å². The van der Waals surface area contributed by atoms with Gasteiger partial charge >= 0.3 is 0 Å². The fourth-order valence-corrected chi connectivity index (χ4v) is 3.65. The van der Waals surface area contributed by atoms with Gasteiger partial charge < -0.3 is 5.73 Å². The number of benzene rings is 2. The van der Waals surface area contributed by atoms with E-state index in [2.05, 4.69) is 20.7 Å². The van der Waals surface area contributed by atoms with Gasteiger partial charge in [0.25, 0.3) is 10.0 Å². The van der Waals surface area contributed by atoms with E-state index >= 15 is 0 Å². The van der Waals surface area contributed by atoms with Crippen LogP contribution >= 0.6 is 15.9 Å². The Morgan fingerprint density at radius 1 is 1.24 bits per heavy atom. The lowest BCUT2D eigenvalue weighted by Gasteiger charge is -2.13. The van der Waals surface area contributed by atoms with Gasteiger partial charge in [0, 0.05) is 10.2 Å². The Labute approximate surface area is 131 Å². The molecule has 0 aliphatic heterocycles. The van der Waals surface area contributed by atoms with Crippen molar-refractivity contribution < 1.29 is 12.8 Å². The summed E-state index contributed by atoms with van der Waals surface area (Å²) in [5.41, 5.74) is 6.49. The van der Waals surface area contributed by atoms with Crippen LogP contribution in [0.3, 0.4) is 0 Å². The molecular formula is C14H14BrFN2O2S. The number of sulfonamides is 1. The summed E-state index contributed by atoms with van der Waals surface area (Å²) < 4.78 is 41.4. The van der Waals surface area contributed by atoms with Crippen LogP contribution in [0, 0.1) is 5.82 Å². The minimum atomic E-state index is -3.91. The van der Waals surface area contributed by atoms with Crippen LogP contribution in [0.5, 0.6) is 0 Å². The normalized spacial score (nSPS) is 11.4. The number of hydrogen-bond donors (Lipinski definition) is 2. The van der Waals surface area contributed by atoms with Crippen molar-refractivity contribution in [2.24, 2.45) is 0 Å². The summed E-state index contributed by atoms with van der Waals surface area (Å²) in [6.07, 6.45) is 0.525. The Bertz CT molecular complexity index is 779. The molecule has 0 atom stereocenters. The number of nitrogen functional groups attached to an aromatic ring is 1. The van der Waals surface area contributed by atoms with E-state index < -0.39 is 15.8 Å². The molecule has 0 spiro atoms. The van der Waals surface area contributed by atoms with Gasteiger partial charge in [-0.15, -0.1) is 0 Å². The highest BCUT2D eigenvalue weighted by molar-refractivity contribution is 9.10. The number of anilines is 2. The second-order valence-electron chi connectivity index (χ2n) is 4.45. The van der Waals surface area contributed by atoms with Crippen molar-refractivity contribution in [1.29, 1.82) is 0 Å². The molecule has 7 heteroatoms. The molecule has 0 radical (unpaired) electrons. The molecule has 0 unspecified atom stereocenters. The first-order valence-electron chi connectivity index (χ1n) is 6.19. The molecule has 112 valence electrons. The average Bonchev–Trinajstić information content (AvgIpc) is 2.42. The largest absolute Gasteiger partial charge is 0.399 e. The lowest BCUT2D eigenvalue weighted by molar-refractivity contribution is 0.597. The maximum Gasteiger partial charge on any atom is 0.262 e. The molecule has 0 aliphatic carbocycles. The van der Waals surface area contributed by atoms with Crippen molar-refractivity contribution in [2.75, 3.05) is 10.5 Å². The highest BCUT2D eigenvalue weighted by atomic mass is 79.9. The number of nitrogens with one attached hydrogen (secondary N) is 1. The summed E-state index contributed by atoms with van der Waals surface area (Å²) in [5, 5.41) is 0. The third kappa shape index (κ3) is 3.54. The van der Waals surface area contributed by atoms with Gasteiger partial charge in [0.15, 0.2) is 0 Å². The van der Waals surface area contributed by atoms with E-state index in [1.54, 1.807) is 12.1 Å². The van der Waals surface area contributed by atoms with Crippen LogP contribution < -0.4 is 10.5 Å². The number of aryl methyl sites for hydroxylation is 1. The Morgan fingerprint density at radius 2 is 1.95 bits per heavy atom. The first-order chi connectivity index (χ1) is 9.83. The number of nitrogens with two attached hydrogens (primary N) is 1. The third-order valence-corrected chi connectivity index (χ3v) is 4.88. The van der Waals surface area contributed by atoms with E-state index in [0.717, 1.165) is 0 Å². The molecule has 0 aromatic heterocycles. The second kappa shape index (κ2) is 6.03. The monoisotopic (exact) mass is 372 g/mol. The number of halogens is 2. The van der Waals surface area contributed by atoms with Gasteiger partial charge in [-0.2, -0.15) is 0 Å². The van der Waals surface area contributed by atoms with Gasteiger partial charge in [0.1, 0.15) is 5.82 Å². The highest BCUT2D eigenvalue weighted by Crippen LogP contribution is 2.26. The van der Waals surface area contributed by atoms with Crippen molar-refractivity contribution >= 4 is 37.3 Å². The lowest BCUT2D eigenvalue weighted by Crippen LogP contribution is -2.16. The predicted octanol–water partition coefficient (Wildman–Crippen LogP) is 3.53. The SMILES string of the molecule is CCc1ccc(N)cc1S(=O)(=O)Nc1cc(Br)ccc1F. The molecule has 0 aliphatic rings. The van der Waals surface area contributed by atoms with Crippen molar-refractivity contribution in [3.8, 4) is 0 Å². The van der Waals surface area contributed by atoms with Crippen LogP contribution in [0.1, 0.15) is 12.5 Å². The quantitative estimate of drug-likeness (QED) is 0.806. The van der Waals surface area contributed by atoms with E-state index in [4.69, 9.17) is 5.73 Å². The van der Waals surface area contributed by atoms with Crippen molar-refractivity contribution in [2.45, 2.75) is 18.2 Å². The Hall–Kier alpha value is -1.60. The van der Waals surface area contributed by atoms with Crippen LogP contribution in [-0.4, -0.2) is 8.42 Å². The molecule has 3 N–H and O–H groups in total. The van der Waals surface area contributed by atoms with E-state index in [1.807, 2.05) is 6.92 Å². The van der Waals surface area contributed by atoms with Crippen molar-refractivity contribution in [1.82, 2.24) is 0 Å². The fourth-order valence-electron chi connectivity index (χ4n) is 1.89. The molecule has 2 aromatic rings. The second-order valence-corrected chi connectivity index (χ2v) is 7.02. The zero-order valence-electron chi connectivity index (χ0n) is 11.2. The highest BCUT2D eigenvalue weighted by Gasteiger charge is 2.20. The minimum Gasteiger partial charge on any atom is -0.399 e. The first-order valence-corrected chi connectivity index (χ1v) is 8.47. The molecule has 0 amide bonds. The molecule has 0 heterocycles. The summed E-state index contributed by atoms with van der Waals surface area (Å²) in [5.74, 6) is -0.649. The summed E-state index contributed by atoms with van der Waals surface area (Å²) in [6, 6.07) is 8.70. The molecule has 0 fully saturated rings. The first kappa shape index (κ1) is 15.8. The van der Waals surface area contributed by atoms with E-state index in [1.165, 1.54) is 24.3 Å². The summed E-state index contributed by atoms with van der Waals surface area (Å²) in [4.78, 5) is 0.0596. The average molecular weight is 373 g/mol. The minimum absolute atomic E-state index is 0.0596. The lowest BCUT2D eigenvalue weighted by atomic mass is 10.1. The van der Waals surface area contributed by atoms with E-state index in [0.29, 0.717) is 22.1 Å². The maximum atomic E-state index is 13.7. The van der Waals surface area contributed by atoms with E-state index in [-0.39, 0.29) is 10.6 Å². The Morgan fingerprint density at radius 3 is 2.62 bits per heavy atom. The van der Waals surface area contributed by atoms with Gasteiger partial charge in [0.2, 0.25) is 0 Å². The van der Waals surface area contributed by atoms with Crippen molar-refractivity contribution in [3.63, 3.8) is 0 Å². The predicted molar refractivity (Wildman–Crippen MR) is 85.1 cm³/mol. The van der Waals surface area contributed by atoms with Crippen LogP contribution in [-0.2, 0) is 16.4 Å². The van der Waals surface area contributed by atoms with Gasteiger partial charge in [-0.25, -0.2) is 12.8 Å². The summed E-state index contributed by atoms with van der Waals surface area (Å²) in [6.45, 7) is 1.84. The van der Waals surface area contributed by atoms with Crippen molar-refractivity contribution in [3.05, 3.63) is 52.3 Å². The molecule has 4 nitrogen and oxygen atoms in total. The van der Waals surface area contributed by atoms with Gasteiger partial charge in [0.05, 0.1) is 10.6 Å². The molecule has 2 rings (SSSR count). The summed E-state index contributed by atoms with van der Waals surface area (Å²) in [7, 11) is -3.91. The maximum absolute atomic E-state index is 13.7. The smallest absolute Gasteiger partial charge is 0.262 e. The molecule has 0 saturated heterocycles. The topological polar surface area (TPSA) is 72.2 Å². The Balaban J connectivity index is 2.48. The molecule has 2 aromatic carbocycles. The molecule has 21 heavy (non-hydrogen) atoms. The molecule has 0 bridgehead atoms. The van der Waals surface area contributed by atoms with Crippen LogP contribution in [0.15, 0.2) is 45.8 Å². The zero-order chi connectivity index (χ0) is 15.6. The molecule has 0 saturated carbocycles. The fraction of sp³-hybridized carbons (Fsp3) is 0.143. The zero-order valence-corrected chi connectivity index (χ0v) is 13.6. The number of rotatable bonds is 4. The van der Waals surface area contributed by atoms with Crippen LogP contribution in [0.25, 0.3) is 0 Å². The van der Waals surface area contributed by atoms with Gasteiger partial charge in [-0.1, -0.05) is 28.9 Å². The van der Waals surface area contributed by atoms with Gasteiger partial charge in [-0.05, 0) is 42.3 Å². The third-order valence-electron chi connectivity index (χ3n) is 2.93. The standard InChI is InChI=1S/C14H14BrFN2O2S/c1-2-9-3-5-11(17)8-14(9)21(19,20)18-13-7-10(15)4-6-12(13)16/h3-8,18H,2,17H2,1H3. The Kier molecular flexibility index (Phi) is 4.53.